The predicted molar refractivity (Wildman–Crippen MR) is 136 cm³/mol. The average Bonchev–Trinajstić information content (AvgIpc) is 2.87. The molecule has 0 aliphatic carbocycles. The molecule has 1 heterocycles. The van der Waals surface area contributed by atoms with Crippen molar-refractivity contribution in [2.75, 3.05) is 20.3 Å². The first-order chi connectivity index (χ1) is 18.3. The molecule has 0 fully saturated rings. The zero-order chi connectivity index (χ0) is 29.5. The molecule has 212 valence electrons. The van der Waals surface area contributed by atoms with Crippen LogP contribution in [0.2, 0.25) is 5.02 Å². The van der Waals surface area contributed by atoms with Crippen molar-refractivity contribution in [3.63, 3.8) is 0 Å². The van der Waals surface area contributed by atoms with Gasteiger partial charge in [-0.1, -0.05) is 47.5 Å². The molecule has 12 heteroatoms. The second-order valence-corrected chi connectivity index (χ2v) is 9.00. The molecule has 6 nitrogen and oxygen atoms in total. The van der Waals surface area contributed by atoms with E-state index in [0.717, 1.165) is 7.11 Å². The van der Waals surface area contributed by atoms with Crippen LogP contribution >= 0.6 is 11.6 Å². The first kappa shape index (κ1) is 31.8. The van der Waals surface area contributed by atoms with Crippen LogP contribution < -0.4 is 11.1 Å². The van der Waals surface area contributed by atoms with Gasteiger partial charge in [-0.2, -0.15) is 13.2 Å². The Labute approximate surface area is 227 Å². The van der Waals surface area contributed by atoms with Gasteiger partial charge in [0.15, 0.2) is 0 Å². The predicted octanol–water partition coefficient (Wildman–Crippen LogP) is 5.74. The van der Waals surface area contributed by atoms with Crippen LogP contribution in [0.1, 0.15) is 36.5 Å². The number of ether oxygens (including phenoxy) is 2. The molecule has 0 saturated heterocycles. The SMILES string of the molecule is COC(=O)C1=C(CF)NC(CN)=C(C(=O)OC(C)C)C1c1c(F)ccc(Cl)c1C(F)(F)F.Cc1ccccc1. The lowest BCUT2D eigenvalue weighted by Gasteiger charge is -2.33. The van der Waals surface area contributed by atoms with Crippen LogP contribution in [0.15, 0.2) is 65.0 Å². The van der Waals surface area contributed by atoms with Gasteiger partial charge >= 0.3 is 18.1 Å². The van der Waals surface area contributed by atoms with Gasteiger partial charge in [-0.25, -0.2) is 18.4 Å². The van der Waals surface area contributed by atoms with Gasteiger partial charge in [-0.3, -0.25) is 0 Å². The number of halogens is 6. The van der Waals surface area contributed by atoms with Crippen LogP contribution in [0.5, 0.6) is 0 Å². The fourth-order valence-corrected chi connectivity index (χ4v) is 4.18. The highest BCUT2D eigenvalue weighted by Crippen LogP contribution is 2.47. The summed E-state index contributed by atoms with van der Waals surface area (Å²) < 4.78 is 80.3. The smallest absolute Gasteiger partial charge is 0.418 e. The minimum Gasteiger partial charge on any atom is -0.466 e. The van der Waals surface area contributed by atoms with E-state index >= 15 is 0 Å². The molecule has 0 radical (unpaired) electrons. The highest BCUT2D eigenvalue weighted by molar-refractivity contribution is 6.31. The highest BCUT2D eigenvalue weighted by Gasteiger charge is 2.47. The number of methoxy groups -OCH3 is 1. The normalized spacial score (nSPS) is 15.4. The Morgan fingerprint density at radius 3 is 2.08 bits per heavy atom. The largest absolute Gasteiger partial charge is 0.466 e. The lowest BCUT2D eigenvalue weighted by atomic mass is 9.77. The number of allylic oxidation sites excluding steroid dienone is 1. The number of benzene rings is 2. The molecule has 39 heavy (non-hydrogen) atoms. The van der Waals surface area contributed by atoms with Crippen LogP contribution in [-0.4, -0.2) is 38.4 Å². The van der Waals surface area contributed by atoms with Crippen molar-refractivity contribution < 1.29 is 41.0 Å². The second-order valence-electron chi connectivity index (χ2n) is 8.60. The molecule has 0 amide bonds. The van der Waals surface area contributed by atoms with E-state index in [9.17, 15) is 31.5 Å². The Morgan fingerprint density at radius 1 is 1.05 bits per heavy atom. The van der Waals surface area contributed by atoms with Crippen molar-refractivity contribution in [1.29, 1.82) is 0 Å². The zero-order valence-electron chi connectivity index (χ0n) is 21.6. The standard InChI is InChI=1S/C20H20ClF5N2O4.C7H8/c1-8(2)32-19(30)15-12(7-27)28-11(6-22)14(18(29)31-3)16(15)13-10(23)5-4-9(21)17(13)20(24,25)26;1-7-5-3-2-4-6-7/h4-5,8,16,28H,6-7,27H2,1-3H3;2-6H,1H3. The van der Waals surface area contributed by atoms with Gasteiger partial charge in [0.25, 0.3) is 0 Å². The molecular weight excluding hydrogens is 547 g/mol. The maximum Gasteiger partial charge on any atom is 0.418 e. The Morgan fingerprint density at radius 2 is 1.64 bits per heavy atom. The maximum absolute atomic E-state index is 15.0. The number of alkyl halides is 4. The number of hydrogen-bond acceptors (Lipinski definition) is 6. The monoisotopic (exact) mass is 574 g/mol. The van der Waals surface area contributed by atoms with E-state index in [1.807, 2.05) is 18.2 Å². The summed E-state index contributed by atoms with van der Waals surface area (Å²) in [7, 11) is 0.898. The van der Waals surface area contributed by atoms with Gasteiger partial charge in [0, 0.05) is 17.8 Å². The molecule has 1 aliphatic rings. The van der Waals surface area contributed by atoms with Crippen LogP contribution in [0.3, 0.4) is 0 Å². The molecule has 0 spiro atoms. The van der Waals surface area contributed by atoms with E-state index in [0.29, 0.717) is 12.1 Å². The van der Waals surface area contributed by atoms with Crippen LogP contribution in [-0.2, 0) is 25.2 Å². The minimum absolute atomic E-state index is 0.242. The van der Waals surface area contributed by atoms with Gasteiger partial charge in [-0.05, 0) is 32.9 Å². The summed E-state index contributed by atoms with van der Waals surface area (Å²) in [6.45, 7) is 3.16. The molecular formula is C27H28ClF5N2O4. The van der Waals surface area contributed by atoms with Crippen molar-refractivity contribution in [2.45, 2.75) is 39.0 Å². The number of carbonyl (C=O) groups excluding carboxylic acids is 2. The summed E-state index contributed by atoms with van der Waals surface area (Å²) in [5.74, 6) is -5.95. The molecule has 1 aliphatic heterocycles. The second kappa shape index (κ2) is 13.6. The van der Waals surface area contributed by atoms with Crippen LogP contribution in [0, 0.1) is 12.7 Å². The number of hydrogen-bond donors (Lipinski definition) is 2. The number of rotatable bonds is 6. The van der Waals surface area contributed by atoms with Gasteiger partial charge in [-0.15, -0.1) is 0 Å². The first-order valence-corrected chi connectivity index (χ1v) is 12.0. The third-order valence-electron chi connectivity index (χ3n) is 5.49. The lowest BCUT2D eigenvalue weighted by Crippen LogP contribution is -2.38. The molecule has 0 aromatic heterocycles. The topological polar surface area (TPSA) is 90.6 Å². The summed E-state index contributed by atoms with van der Waals surface area (Å²) >= 11 is 5.75. The molecule has 0 bridgehead atoms. The van der Waals surface area contributed by atoms with Gasteiger partial charge in [0.2, 0.25) is 0 Å². The molecule has 0 saturated carbocycles. The number of nitrogens with two attached hydrogens (primary N) is 1. The zero-order valence-corrected chi connectivity index (χ0v) is 22.3. The van der Waals surface area contributed by atoms with Crippen molar-refractivity contribution >= 4 is 23.5 Å². The average molecular weight is 575 g/mol. The van der Waals surface area contributed by atoms with Gasteiger partial charge < -0.3 is 20.5 Å². The van der Waals surface area contributed by atoms with Crippen LogP contribution in [0.4, 0.5) is 22.0 Å². The third-order valence-corrected chi connectivity index (χ3v) is 5.80. The molecule has 2 aromatic rings. The number of carbonyl (C=O) groups is 2. The molecule has 3 rings (SSSR count). The summed E-state index contributed by atoms with van der Waals surface area (Å²) in [4.78, 5) is 25.4. The number of dihydropyridines is 1. The third kappa shape index (κ3) is 7.57. The summed E-state index contributed by atoms with van der Waals surface area (Å²) in [5, 5.41) is 1.55. The molecule has 1 unspecified atom stereocenters. The van der Waals surface area contributed by atoms with Gasteiger partial charge in [0.05, 0.1) is 46.6 Å². The van der Waals surface area contributed by atoms with Crippen molar-refractivity contribution in [3.8, 4) is 0 Å². The quantitative estimate of drug-likeness (QED) is 0.338. The summed E-state index contributed by atoms with van der Waals surface area (Å²) in [5.41, 5.74) is 2.07. The lowest BCUT2D eigenvalue weighted by molar-refractivity contribution is -0.144. The number of esters is 2. The van der Waals surface area contributed by atoms with E-state index in [2.05, 4.69) is 29.1 Å². The number of aryl methyl sites for hydroxylation is 1. The van der Waals surface area contributed by atoms with E-state index in [-0.39, 0.29) is 5.70 Å². The fraction of sp³-hybridized carbons (Fsp3) is 0.333. The maximum atomic E-state index is 15.0. The van der Waals surface area contributed by atoms with E-state index in [1.54, 1.807) is 0 Å². The summed E-state index contributed by atoms with van der Waals surface area (Å²) in [6, 6.07) is 11.6. The molecule has 3 N–H and O–H groups in total. The summed E-state index contributed by atoms with van der Waals surface area (Å²) in [6.07, 6.45) is -5.92. The number of nitrogens with one attached hydrogen (secondary N) is 1. The minimum atomic E-state index is -5.19. The van der Waals surface area contributed by atoms with Crippen LogP contribution in [0.25, 0.3) is 0 Å². The Hall–Kier alpha value is -3.44. The van der Waals surface area contributed by atoms with E-state index < -0.39 is 82.2 Å². The van der Waals surface area contributed by atoms with Gasteiger partial charge in [0.1, 0.15) is 12.5 Å². The molecule has 2 aromatic carbocycles. The molecule has 1 atom stereocenters. The fourth-order valence-electron chi connectivity index (χ4n) is 3.91. The van der Waals surface area contributed by atoms with Crippen molar-refractivity contribution in [1.82, 2.24) is 5.32 Å². The Kier molecular flexibility index (Phi) is 11.1. The van der Waals surface area contributed by atoms with Crippen molar-refractivity contribution in [2.24, 2.45) is 5.73 Å². The van der Waals surface area contributed by atoms with E-state index in [4.69, 9.17) is 22.1 Å². The van der Waals surface area contributed by atoms with E-state index in [1.165, 1.54) is 19.4 Å². The Bertz CT molecular complexity index is 1260. The van der Waals surface area contributed by atoms with Crippen molar-refractivity contribution in [3.05, 3.63) is 92.5 Å². The highest BCUT2D eigenvalue weighted by atomic mass is 35.5. The first-order valence-electron chi connectivity index (χ1n) is 11.6. The Balaban J connectivity index is 0.000000658.